The molecule has 1 atom stereocenters. The molecule has 5 aromatic rings. The zero-order valence-corrected chi connectivity index (χ0v) is 23.7. The van der Waals surface area contributed by atoms with Gasteiger partial charge in [-0.15, -0.1) is 0 Å². The van der Waals surface area contributed by atoms with Gasteiger partial charge in [0.15, 0.2) is 0 Å². The SMILES string of the molecule is CCCC(c1nc2c(Cl)cccc2[nH]1)N(Cc1ccc(Cl)cc1Cl)Cc1c(OCC)ccc2ccccc12. The largest absolute Gasteiger partial charge is 0.494 e. The zero-order chi connectivity index (χ0) is 26.6. The number of benzene rings is 4. The van der Waals surface area contributed by atoms with Crippen LogP contribution in [0.3, 0.4) is 0 Å². The predicted molar refractivity (Wildman–Crippen MR) is 160 cm³/mol. The maximum Gasteiger partial charge on any atom is 0.124 e. The lowest BCUT2D eigenvalue weighted by atomic mass is 10.0. The summed E-state index contributed by atoms with van der Waals surface area (Å²) < 4.78 is 6.13. The molecule has 0 aliphatic heterocycles. The smallest absolute Gasteiger partial charge is 0.124 e. The molecule has 1 unspecified atom stereocenters. The summed E-state index contributed by atoms with van der Waals surface area (Å²) in [4.78, 5) is 11.0. The van der Waals surface area contributed by atoms with E-state index in [0.717, 1.165) is 46.6 Å². The summed E-state index contributed by atoms with van der Waals surface area (Å²) in [5.41, 5.74) is 3.86. The average molecular weight is 567 g/mol. The Hall–Kier alpha value is -2.76. The minimum Gasteiger partial charge on any atom is -0.494 e. The molecule has 0 saturated carbocycles. The fourth-order valence-corrected chi connectivity index (χ4v) is 5.74. The minimum absolute atomic E-state index is 0.0105. The molecule has 0 fully saturated rings. The van der Waals surface area contributed by atoms with Gasteiger partial charge in [0.1, 0.15) is 17.1 Å². The normalized spacial score (nSPS) is 12.5. The van der Waals surface area contributed by atoms with Crippen molar-refractivity contribution >= 4 is 56.6 Å². The second-order valence-electron chi connectivity index (χ2n) is 9.40. The quantitative estimate of drug-likeness (QED) is 0.183. The van der Waals surface area contributed by atoms with Crippen LogP contribution in [0.5, 0.6) is 5.75 Å². The molecule has 4 aromatic carbocycles. The number of hydrogen-bond acceptors (Lipinski definition) is 3. The lowest BCUT2D eigenvalue weighted by molar-refractivity contribution is 0.160. The van der Waals surface area contributed by atoms with Gasteiger partial charge in [0, 0.05) is 28.7 Å². The lowest BCUT2D eigenvalue weighted by Gasteiger charge is -2.32. The molecule has 0 amide bonds. The first kappa shape index (κ1) is 26.8. The van der Waals surface area contributed by atoms with Gasteiger partial charge in [-0.2, -0.15) is 0 Å². The predicted octanol–water partition coefficient (Wildman–Crippen LogP) is 9.62. The standard InChI is InChI=1S/C31H30Cl3N3O/c1-3-8-28(31-35-27-12-7-11-25(33)30(27)36-31)37(18-21-13-15-22(32)17-26(21)34)19-24-23-10-6-5-9-20(23)14-16-29(24)38-4-2/h5-7,9-17,28H,3-4,8,18-19H2,1-2H3,(H,35,36). The highest BCUT2D eigenvalue weighted by atomic mass is 35.5. The van der Waals surface area contributed by atoms with Crippen LogP contribution in [-0.2, 0) is 13.1 Å². The van der Waals surface area contributed by atoms with Crippen LogP contribution in [-0.4, -0.2) is 21.5 Å². The molecule has 5 rings (SSSR count). The van der Waals surface area contributed by atoms with Crippen LogP contribution in [0.4, 0.5) is 0 Å². The Labute approximate surface area is 238 Å². The number of hydrogen-bond donors (Lipinski definition) is 1. The molecule has 4 nitrogen and oxygen atoms in total. The van der Waals surface area contributed by atoms with Crippen LogP contribution >= 0.6 is 34.8 Å². The van der Waals surface area contributed by atoms with Crippen molar-refractivity contribution in [3.05, 3.63) is 105 Å². The Kier molecular flexibility index (Phi) is 8.45. The van der Waals surface area contributed by atoms with Crippen molar-refractivity contribution in [2.24, 2.45) is 0 Å². The van der Waals surface area contributed by atoms with Crippen molar-refractivity contribution in [3.8, 4) is 5.75 Å². The van der Waals surface area contributed by atoms with Crippen molar-refractivity contribution in [1.82, 2.24) is 14.9 Å². The number of para-hydroxylation sites is 1. The summed E-state index contributed by atoms with van der Waals surface area (Å²) in [5, 5.41) is 4.26. The van der Waals surface area contributed by atoms with Crippen molar-refractivity contribution in [1.29, 1.82) is 0 Å². The third-order valence-electron chi connectivity index (χ3n) is 6.85. The fraction of sp³-hybridized carbons (Fsp3) is 0.258. The molecule has 7 heteroatoms. The first-order valence-corrected chi connectivity index (χ1v) is 14.1. The van der Waals surface area contributed by atoms with Crippen LogP contribution in [0.1, 0.15) is 49.7 Å². The van der Waals surface area contributed by atoms with Gasteiger partial charge in [0.2, 0.25) is 0 Å². The summed E-state index contributed by atoms with van der Waals surface area (Å²) in [6, 6.07) is 24.1. The van der Waals surface area contributed by atoms with Crippen LogP contribution < -0.4 is 4.74 Å². The molecule has 0 aliphatic rings. The Morgan fingerprint density at radius 1 is 0.895 bits per heavy atom. The van der Waals surface area contributed by atoms with Gasteiger partial charge in [-0.25, -0.2) is 4.98 Å². The number of ether oxygens (including phenoxy) is 1. The van der Waals surface area contributed by atoms with E-state index in [-0.39, 0.29) is 6.04 Å². The van der Waals surface area contributed by atoms with Crippen LogP contribution in [0.25, 0.3) is 21.8 Å². The number of nitrogens with zero attached hydrogens (tertiary/aromatic N) is 2. The molecule has 0 saturated heterocycles. The van der Waals surface area contributed by atoms with Gasteiger partial charge in [-0.1, -0.05) is 90.6 Å². The molecule has 1 N–H and O–H groups in total. The third kappa shape index (κ3) is 5.64. The Morgan fingerprint density at radius 2 is 1.74 bits per heavy atom. The number of rotatable bonds is 10. The summed E-state index contributed by atoms with van der Waals surface area (Å²) in [6.07, 6.45) is 1.88. The van der Waals surface area contributed by atoms with E-state index in [0.29, 0.717) is 34.8 Å². The molecule has 0 radical (unpaired) electrons. The van der Waals surface area contributed by atoms with E-state index in [1.807, 2.05) is 37.3 Å². The second kappa shape index (κ2) is 12.0. The van der Waals surface area contributed by atoms with Crippen molar-refractivity contribution in [3.63, 3.8) is 0 Å². The average Bonchev–Trinajstić information content (AvgIpc) is 3.35. The van der Waals surface area contributed by atoms with E-state index in [1.54, 1.807) is 6.07 Å². The van der Waals surface area contributed by atoms with Gasteiger partial charge in [-0.3, -0.25) is 4.90 Å². The summed E-state index contributed by atoms with van der Waals surface area (Å²) in [6.45, 7) is 6.06. The summed E-state index contributed by atoms with van der Waals surface area (Å²) in [5.74, 6) is 1.78. The number of aromatic nitrogens is 2. The van der Waals surface area contributed by atoms with Gasteiger partial charge in [0.05, 0.1) is 23.2 Å². The molecule has 38 heavy (non-hydrogen) atoms. The monoisotopic (exact) mass is 565 g/mol. The van der Waals surface area contributed by atoms with E-state index in [2.05, 4.69) is 53.2 Å². The number of H-pyrrole nitrogens is 1. The number of aromatic amines is 1. The molecular formula is C31H30Cl3N3O. The van der Waals surface area contributed by atoms with E-state index in [4.69, 9.17) is 44.5 Å². The Morgan fingerprint density at radius 3 is 2.50 bits per heavy atom. The maximum absolute atomic E-state index is 6.69. The van der Waals surface area contributed by atoms with Crippen molar-refractivity contribution in [2.45, 2.75) is 45.8 Å². The molecular weight excluding hydrogens is 537 g/mol. The fourth-order valence-electron chi connectivity index (χ4n) is 5.06. The Bertz CT molecular complexity index is 1570. The van der Waals surface area contributed by atoms with E-state index < -0.39 is 0 Å². The van der Waals surface area contributed by atoms with Crippen LogP contribution in [0.2, 0.25) is 15.1 Å². The molecule has 1 aromatic heterocycles. The third-order valence-corrected chi connectivity index (χ3v) is 7.74. The maximum atomic E-state index is 6.69. The molecule has 0 aliphatic carbocycles. The highest BCUT2D eigenvalue weighted by Crippen LogP contribution is 2.36. The second-order valence-corrected chi connectivity index (χ2v) is 10.7. The highest BCUT2D eigenvalue weighted by Gasteiger charge is 2.26. The molecule has 0 spiro atoms. The van der Waals surface area contributed by atoms with Crippen molar-refractivity contribution < 1.29 is 4.74 Å². The number of fused-ring (bicyclic) bond motifs is 2. The number of imidazole rings is 1. The summed E-state index contributed by atoms with van der Waals surface area (Å²) in [7, 11) is 0. The van der Waals surface area contributed by atoms with Crippen LogP contribution in [0.15, 0.2) is 72.8 Å². The van der Waals surface area contributed by atoms with E-state index in [9.17, 15) is 0 Å². The molecule has 0 bridgehead atoms. The molecule has 1 heterocycles. The van der Waals surface area contributed by atoms with Gasteiger partial charge in [0.25, 0.3) is 0 Å². The molecule has 196 valence electrons. The van der Waals surface area contributed by atoms with E-state index >= 15 is 0 Å². The Balaban J connectivity index is 1.64. The first-order chi connectivity index (χ1) is 18.5. The van der Waals surface area contributed by atoms with Gasteiger partial charge in [-0.05, 0) is 60.0 Å². The zero-order valence-electron chi connectivity index (χ0n) is 21.5. The lowest BCUT2D eigenvalue weighted by Crippen LogP contribution is -2.29. The van der Waals surface area contributed by atoms with Gasteiger partial charge < -0.3 is 9.72 Å². The minimum atomic E-state index is -0.0105. The number of halogens is 3. The van der Waals surface area contributed by atoms with Crippen molar-refractivity contribution in [2.75, 3.05) is 6.61 Å². The highest BCUT2D eigenvalue weighted by molar-refractivity contribution is 6.35. The van der Waals surface area contributed by atoms with E-state index in [1.165, 1.54) is 10.8 Å². The van der Waals surface area contributed by atoms with Crippen LogP contribution in [0, 0.1) is 0 Å². The number of nitrogens with one attached hydrogen (secondary N) is 1. The summed E-state index contributed by atoms with van der Waals surface area (Å²) >= 11 is 19.4. The first-order valence-electron chi connectivity index (χ1n) is 12.9. The topological polar surface area (TPSA) is 41.2 Å². The van der Waals surface area contributed by atoms with Gasteiger partial charge >= 0.3 is 0 Å².